The van der Waals surface area contributed by atoms with E-state index in [-0.39, 0.29) is 16.6 Å². The minimum absolute atomic E-state index is 0.0142. The maximum absolute atomic E-state index is 13.8. The van der Waals surface area contributed by atoms with Crippen molar-refractivity contribution in [2.75, 3.05) is 5.32 Å². The third kappa shape index (κ3) is 6.60. The number of thiazole rings is 1. The number of nitrogens with zero attached hydrogens (tertiary/aromatic N) is 2. The van der Waals surface area contributed by atoms with Crippen LogP contribution in [0.5, 0.6) is 0 Å². The van der Waals surface area contributed by atoms with Crippen LogP contribution in [0.25, 0.3) is 10.2 Å². The van der Waals surface area contributed by atoms with Gasteiger partial charge in [-0.05, 0) is 78.9 Å². The Labute approximate surface area is 259 Å². The molecule has 2 heterocycles. The third-order valence-electron chi connectivity index (χ3n) is 7.40. The van der Waals surface area contributed by atoms with Crippen LogP contribution in [0.2, 0.25) is 0 Å². The lowest BCUT2D eigenvalue weighted by Crippen LogP contribution is -2.30. The van der Waals surface area contributed by atoms with E-state index < -0.39 is 16.1 Å². The number of amidine groups is 1. The summed E-state index contributed by atoms with van der Waals surface area (Å²) in [4.78, 5) is 22.3. The lowest BCUT2D eigenvalue weighted by molar-refractivity contribution is -0.112. The highest BCUT2D eigenvalue weighted by Gasteiger charge is 2.26. The van der Waals surface area contributed by atoms with E-state index in [1.807, 2.05) is 36.4 Å². The summed E-state index contributed by atoms with van der Waals surface area (Å²) < 4.78 is 31.4. The summed E-state index contributed by atoms with van der Waals surface area (Å²) in [5, 5.41) is 11.3. The standard InChI is InChI=1S/C33H30N6O3S2/c34-31(35)23-10-6-8-21(16-23)17-29(33-38-27-13-3-4-14-30(27)43-33)39-44(41,42)26-12-7-11-25(20-26)37-32(40)24-18-22-9-2-1-5-15-36-28(22)19-24/h1,3-8,10-16,19-20,29,39H,2,9,17-18H2,(H3,34,35)(H,37,40)/b5-1-,36-15-. The van der Waals surface area contributed by atoms with Crippen LogP contribution in [0.3, 0.4) is 0 Å². The fourth-order valence-corrected chi connectivity index (χ4v) is 7.53. The maximum Gasteiger partial charge on any atom is 0.251 e. The molecular formula is C33H30N6O3S2. The lowest BCUT2D eigenvalue weighted by Gasteiger charge is -2.18. The zero-order valence-electron chi connectivity index (χ0n) is 23.7. The van der Waals surface area contributed by atoms with Crippen LogP contribution in [0.1, 0.15) is 41.4 Å². The first-order chi connectivity index (χ1) is 21.2. The normalized spacial score (nSPS) is 16.9. The van der Waals surface area contributed by atoms with Crippen molar-refractivity contribution in [3.63, 3.8) is 0 Å². The van der Waals surface area contributed by atoms with Gasteiger partial charge in [0.05, 0.1) is 26.9 Å². The number of aromatic nitrogens is 1. The molecule has 1 unspecified atom stereocenters. The molecule has 2 aliphatic rings. The van der Waals surface area contributed by atoms with Gasteiger partial charge in [0.25, 0.3) is 5.91 Å². The molecule has 6 rings (SSSR count). The molecule has 4 aromatic rings. The average molecular weight is 623 g/mol. The number of carbonyl (C=O) groups excluding carboxylic acids is 1. The summed E-state index contributed by atoms with van der Waals surface area (Å²) in [7, 11) is -4.04. The fraction of sp³-hybridized carbons (Fsp3) is 0.152. The third-order valence-corrected chi connectivity index (χ3v) is 10.0. The molecule has 9 nitrogen and oxygen atoms in total. The van der Waals surface area contributed by atoms with Crippen LogP contribution in [0.15, 0.2) is 118 Å². The number of nitrogens with two attached hydrogens (primary N) is 1. The molecule has 0 saturated heterocycles. The number of anilines is 1. The van der Waals surface area contributed by atoms with Crippen LogP contribution < -0.4 is 15.8 Å². The quantitative estimate of drug-likeness (QED) is 0.138. The van der Waals surface area contributed by atoms with Gasteiger partial charge in [-0.2, -0.15) is 0 Å². The lowest BCUT2D eigenvalue weighted by atomic mass is 10.0. The van der Waals surface area contributed by atoms with Crippen molar-refractivity contribution in [1.82, 2.24) is 9.71 Å². The summed E-state index contributed by atoms with van der Waals surface area (Å²) in [5.41, 5.74) is 10.7. The van der Waals surface area contributed by atoms with Crippen molar-refractivity contribution in [3.05, 3.63) is 124 Å². The summed E-state index contributed by atoms with van der Waals surface area (Å²) in [5.74, 6) is -0.358. The predicted molar refractivity (Wildman–Crippen MR) is 176 cm³/mol. The molecule has 1 atom stereocenters. The second-order valence-electron chi connectivity index (χ2n) is 10.6. The Morgan fingerprint density at radius 1 is 1.07 bits per heavy atom. The first-order valence-corrected chi connectivity index (χ1v) is 16.4. The molecule has 1 amide bonds. The van der Waals surface area contributed by atoms with E-state index in [1.165, 1.54) is 23.5 Å². The Balaban J connectivity index is 1.24. The van der Waals surface area contributed by atoms with Crippen LogP contribution in [-0.2, 0) is 21.2 Å². The van der Waals surface area contributed by atoms with Crippen LogP contribution in [-0.4, -0.2) is 31.4 Å². The number of benzene rings is 3. The molecule has 1 aliphatic heterocycles. The number of hydrogen-bond donors (Lipinski definition) is 4. The Bertz CT molecular complexity index is 1970. The minimum atomic E-state index is -4.04. The first-order valence-electron chi connectivity index (χ1n) is 14.1. The molecule has 0 bridgehead atoms. The van der Waals surface area contributed by atoms with Crippen molar-refractivity contribution in [1.29, 1.82) is 5.41 Å². The van der Waals surface area contributed by atoms with Gasteiger partial charge in [-0.3, -0.25) is 15.2 Å². The number of hydrogen-bond acceptors (Lipinski definition) is 7. The monoisotopic (exact) mass is 622 g/mol. The topological polar surface area (TPSA) is 150 Å². The number of nitrogens with one attached hydrogen (secondary N) is 3. The van der Waals surface area contributed by atoms with Crippen LogP contribution >= 0.6 is 11.3 Å². The van der Waals surface area contributed by atoms with E-state index in [4.69, 9.17) is 16.1 Å². The number of aliphatic imine (C=N–C) groups is 1. The summed E-state index contributed by atoms with van der Waals surface area (Å²) >= 11 is 1.42. The van der Waals surface area contributed by atoms with Gasteiger partial charge in [-0.1, -0.05) is 42.5 Å². The smallest absolute Gasteiger partial charge is 0.251 e. The highest BCUT2D eigenvalue weighted by Crippen LogP contribution is 2.32. The second kappa shape index (κ2) is 12.5. The van der Waals surface area contributed by atoms with Gasteiger partial charge in [0.2, 0.25) is 10.0 Å². The number of allylic oxidation sites excluding steroid dienone is 4. The van der Waals surface area contributed by atoms with Crippen molar-refractivity contribution in [2.45, 2.75) is 36.6 Å². The number of carbonyl (C=O) groups is 1. The van der Waals surface area contributed by atoms with E-state index >= 15 is 0 Å². The van der Waals surface area contributed by atoms with E-state index in [1.54, 1.807) is 42.6 Å². The van der Waals surface area contributed by atoms with E-state index in [9.17, 15) is 13.2 Å². The highest BCUT2D eigenvalue weighted by molar-refractivity contribution is 7.89. The molecule has 44 heavy (non-hydrogen) atoms. The summed E-state index contributed by atoms with van der Waals surface area (Å²) in [6.07, 6.45) is 10.0. The Morgan fingerprint density at radius 3 is 2.75 bits per heavy atom. The van der Waals surface area contributed by atoms with Gasteiger partial charge in [0.15, 0.2) is 0 Å². The van der Waals surface area contributed by atoms with Crippen molar-refractivity contribution in [2.24, 2.45) is 10.7 Å². The molecule has 0 radical (unpaired) electrons. The molecular weight excluding hydrogens is 593 g/mol. The van der Waals surface area contributed by atoms with Gasteiger partial charge >= 0.3 is 0 Å². The molecule has 1 aromatic heterocycles. The zero-order chi connectivity index (χ0) is 30.7. The molecule has 0 fully saturated rings. The Morgan fingerprint density at radius 2 is 1.91 bits per heavy atom. The first kappa shape index (κ1) is 29.4. The molecule has 0 spiro atoms. The van der Waals surface area contributed by atoms with Crippen molar-refractivity contribution < 1.29 is 13.2 Å². The molecule has 11 heteroatoms. The number of amides is 1. The zero-order valence-corrected chi connectivity index (χ0v) is 25.3. The summed E-state index contributed by atoms with van der Waals surface area (Å²) in [6.45, 7) is 0. The van der Waals surface area contributed by atoms with Gasteiger partial charge < -0.3 is 11.1 Å². The molecule has 1 aliphatic carbocycles. The van der Waals surface area contributed by atoms with E-state index in [0.717, 1.165) is 39.9 Å². The largest absolute Gasteiger partial charge is 0.384 e. The van der Waals surface area contributed by atoms with E-state index in [2.05, 4.69) is 21.1 Å². The average Bonchev–Trinajstić information content (AvgIpc) is 3.61. The fourth-order valence-electron chi connectivity index (χ4n) is 5.20. The van der Waals surface area contributed by atoms with Gasteiger partial charge in [0.1, 0.15) is 10.8 Å². The number of rotatable bonds is 9. The van der Waals surface area contributed by atoms with Crippen LogP contribution in [0, 0.1) is 5.41 Å². The van der Waals surface area contributed by atoms with Gasteiger partial charge in [-0.15, -0.1) is 11.3 Å². The summed E-state index contributed by atoms with van der Waals surface area (Å²) in [6, 6.07) is 20.3. The van der Waals surface area contributed by atoms with Crippen molar-refractivity contribution in [3.8, 4) is 0 Å². The minimum Gasteiger partial charge on any atom is -0.384 e. The predicted octanol–water partition coefficient (Wildman–Crippen LogP) is 5.79. The molecule has 3 aromatic carbocycles. The van der Waals surface area contributed by atoms with Crippen molar-refractivity contribution >= 4 is 55.2 Å². The highest BCUT2D eigenvalue weighted by atomic mass is 32.2. The van der Waals surface area contributed by atoms with Gasteiger partial charge in [-0.25, -0.2) is 18.1 Å². The molecule has 0 saturated carbocycles. The molecule has 5 N–H and O–H groups in total. The number of fused-ring (bicyclic) bond motifs is 1. The number of sulfonamides is 1. The molecule has 222 valence electrons. The Kier molecular flexibility index (Phi) is 8.34. The van der Waals surface area contributed by atoms with E-state index in [0.29, 0.717) is 34.7 Å². The SMILES string of the molecule is N=C(N)c1cccc(CC(NS(=O)(=O)c2cccc(NC(=O)C3=CC4=C(CC/C=C\C=N/4)C3)c2)c2nc3ccccc3s2)c1. The van der Waals surface area contributed by atoms with Gasteiger partial charge in [0, 0.05) is 29.5 Å². The van der Waals surface area contributed by atoms with Crippen LogP contribution in [0.4, 0.5) is 5.69 Å². The number of para-hydroxylation sites is 1. The number of nitrogen functional groups attached to an aromatic ring is 1. The Hall–Kier alpha value is -4.71. The second-order valence-corrected chi connectivity index (χ2v) is 13.4. The maximum atomic E-state index is 13.8.